The summed E-state index contributed by atoms with van der Waals surface area (Å²) in [4.78, 5) is 31.3. The molecule has 2 fully saturated rings. The van der Waals surface area contributed by atoms with Crippen molar-refractivity contribution in [2.45, 2.75) is 76.7 Å². The van der Waals surface area contributed by atoms with Gasteiger partial charge in [0, 0.05) is 19.6 Å². The van der Waals surface area contributed by atoms with Gasteiger partial charge in [-0.2, -0.15) is 0 Å². The highest BCUT2D eigenvalue weighted by Gasteiger charge is 2.39. The van der Waals surface area contributed by atoms with Gasteiger partial charge in [0.2, 0.25) is 0 Å². The van der Waals surface area contributed by atoms with Crippen molar-refractivity contribution >= 4 is 18.2 Å². The lowest BCUT2D eigenvalue weighted by Gasteiger charge is -2.40. The van der Waals surface area contributed by atoms with E-state index in [9.17, 15) is 9.59 Å². The first-order valence-electron chi connectivity index (χ1n) is 13.1. The minimum absolute atomic E-state index is 0.0196. The fraction of sp³-hybridized carbons (Fsp3) is 0.667. The van der Waals surface area contributed by atoms with Gasteiger partial charge in [0.15, 0.2) is 12.6 Å². The van der Waals surface area contributed by atoms with Gasteiger partial charge in [0.25, 0.3) is 5.91 Å². The summed E-state index contributed by atoms with van der Waals surface area (Å²) in [7, 11) is 0. The quantitative estimate of drug-likeness (QED) is 0.290. The van der Waals surface area contributed by atoms with Crippen LogP contribution in [0.15, 0.2) is 35.3 Å². The second-order valence-corrected chi connectivity index (χ2v) is 9.87. The first-order chi connectivity index (χ1) is 16.6. The molecular formula is C27H42N4O3. The van der Waals surface area contributed by atoms with Gasteiger partial charge in [0.05, 0.1) is 5.54 Å². The van der Waals surface area contributed by atoms with Crippen LogP contribution < -0.4 is 15.8 Å². The van der Waals surface area contributed by atoms with E-state index in [1.54, 1.807) is 0 Å². The second kappa shape index (κ2) is 13.4. The van der Waals surface area contributed by atoms with Crippen molar-refractivity contribution in [3.05, 3.63) is 30.3 Å². The van der Waals surface area contributed by atoms with Crippen LogP contribution in [0.4, 0.5) is 0 Å². The van der Waals surface area contributed by atoms with Crippen LogP contribution in [0, 0.1) is 11.8 Å². The zero-order valence-electron chi connectivity index (χ0n) is 20.7. The zero-order chi connectivity index (χ0) is 24.2. The fourth-order valence-corrected chi connectivity index (χ4v) is 5.26. The predicted molar refractivity (Wildman–Crippen MR) is 136 cm³/mol. The van der Waals surface area contributed by atoms with E-state index in [2.05, 4.69) is 17.2 Å². The molecule has 1 amide bonds. The Balaban J connectivity index is 1.47. The van der Waals surface area contributed by atoms with E-state index in [0.29, 0.717) is 43.2 Å². The number of unbranched alkanes of at least 4 members (excludes halogenated alkanes) is 1. The Morgan fingerprint density at radius 3 is 2.53 bits per heavy atom. The van der Waals surface area contributed by atoms with Crippen molar-refractivity contribution in [1.82, 2.24) is 10.2 Å². The number of aldehydes is 1. The fourth-order valence-electron chi connectivity index (χ4n) is 5.26. The van der Waals surface area contributed by atoms with E-state index in [1.165, 1.54) is 19.3 Å². The Labute approximate surface area is 204 Å². The smallest absolute Gasteiger partial charge is 0.260 e. The SMILES string of the molecule is CCCCC(C=O)(NC(N)=NCC1CCN(C(=O)COc2ccccc2)CC1)C1CCCCC1. The highest BCUT2D eigenvalue weighted by molar-refractivity contribution is 5.83. The lowest BCUT2D eigenvalue weighted by atomic mass is 9.73. The number of piperidine rings is 1. The molecule has 1 aromatic rings. The van der Waals surface area contributed by atoms with Crippen molar-refractivity contribution in [2.24, 2.45) is 22.6 Å². The number of nitrogens with two attached hydrogens (primary N) is 1. The van der Waals surface area contributed by atoms with Gasteiger partial charge in [-0.1, -0.05) is 57.2 Å². The van der Waals surface area contributed by atoms with E-state index < -0.39 is 5.54 Å². The number of nitrogens with one attached hydrogen (secondary N) is 1. The number of carbonyl (C=O) groups excluding carboxylic acids is 2. The summed E-state index contributed by atoms with van der Waals surface area (Å²) in [5.74, 6) is 1.82. The number of para-hydroxylation sites is 1. The number of guanidine groups is 1. The Bertz CT molecular complexity index is 786. The molecule has 0 spiro atoms. The summed E-state index contributed by atoms with van der Waals surface area (Å²) in [5, 5.41) is 3.36. The van der Waals surface area contributed by atoms with Crippen molar-refractivity contribution in [3.63, 3.8) is 0 Å². The Morgan fingerprint density at radius 1 is 1.18 bits per heavy atom. The van der Waals surface area contributed by atoms with Gasteiger partial charge in [-0.15, -0.1) is 0 Å². The first kappa shape index (κ1) is 26.0. The van der Waals surface area contributed by atoms with Gasteiger partial charge in [-0.3, -0.25) is 9.79 Å². The molecule has 7 heteroatoms. The van der Waals surface area contributed by atoms with Gasteiger partial charge < -0.3 is 25.5 Å². The van der Waals surface area contributed by atoms with Crippen LogP contribution in [0.3, 0.4) is 0 Å². The highest BCUT2D eigenvalue weighted by atomic mass is 16.5. The number of aliphatic imine (C=N–C) groups is 1. The van der Waals surface area contributed by atoms with Gasteiger partial charge in [0.1, 0.15) is 12.0 Å². The number of benzene rings is 1. The average molecular weight is 471 g/mol. The van der Waals surface area contributed by atoms with E-state index >= 15 is 0 Å². The minimum Gasteiger partial charge on any atom is -0.484 e. The molecule has 0 bridgehead atoms. The molecule has 0 radical (unpaired) electrons. The van der Waals surface area contributed by atoms with E-state index in [-0.39, 0.29) is 12.5 Å². The van der Waals surface area contributed by atoms with Crippen LogP contribution in [-0.4, -0.2) is 54.8 Å². The van der Waals surface area contributed by atoms with E-state index in [4.69, 9.17) is 10.5 Å². The summed E-state index contributed by atoms with van der Waals surface area (Å²) in [5.41, 5.74) is 5.70. The molecule has 3 rings (SSSR count). The maximum Gasteiger partial charge on any atom is 0.260 e. The Kier molecular flexibility index (Phi) is 10.2. The van der Waals surface area contributed by atoms with Crippen LogP contribution in [0.2, 0.25) is 0 Å². The molecular weight excluding hydrogens is 428 g/mol. The number of ether oxygens (including phenoxy) is 1. The molecule has 1 atom stereocenters. The monoisotopic (exact) mass is 470 g/mol. The van der Waals surface area contributed by atoms with Gasteiger partial charge in [-0.05, 0) is 56.1 Å². The van der Waals surface area contributed by atoms with E-state index in [1.807, 2.05) is 35.2 Å². The topological polar surface area (TPSA) is 97.0 Å². The number of carbonyl (C=O) groups is 2. The summed E-state index contributed by atoms with van der Waals surface area (Å²) in [6, 6.07) is 9.41. The molecule has 1 aliphatic heterocycles. The zero-order valence-corrected chi connectivity index (χ0v) is 20.7. The minimum atomic E-state index is -0.599. The number of nitrogens with zero attached hydrogens (tertiary/aromatic N) is 2. The van der Waals surface area contributed by atoms with Crippen molar-refractivity contribution in [3.8, 4) is 5.75 Å². The van der Waals surface area contributed by atoms with Crippen molar-refractivity contribution in [1.29, 1.82) is 0 Å². The molecule has 2 aliphatic rings. The van der Waals surface area contributed by atoms with Crippen molar-refractivity contribution in [2.75, 3.05) is 26.2 Å². The Hall–Kier alpha value is -2.57. The molecule has 1 aromatic carbocycles. The average Bonchev–Trinajstić information content (AvgIpc) is 2.90. The number of hydrogen-bond donors (Lipinski definition) is 2. The van der Waals surface area contributed by atoms with Crippen LogP contribution in [0.1, 0.15) is 71.1 Å². The third-order valence-electron chi connectivity index (χ3n) is 7.44. The molecule has 1 unspecified atom stereocenters. The molecule has 3 N–H and O–H groups in total. The van der Waals surface area contributed by atoms with Crippen molar-refractivity contribution < 1.29 is 14.3 Å². The molecule has 1 heterocycles. The lowest BCUT2D eigenvalue weighted by molar-refractivity contribution is -0.134. The molecule has 188 valence electrons. The first-order valence-corrected chi connectivity index (χ1v) is 13.1. The molecule has 1 saturated carbocycles. The summed E-state index contributed by atoms with van der Waals surface area (Å²) >= 11 is 0. The maximum absolute atomic E-state index is 12.5. The van der Waals surface area contributed by atoms with Gasteiger partial charge >= 0.3 is 0 Å². The van der Waals surface area contributed by atoms with Crippen LogP contribution in [0.25, 0.3) is 0 Å². The third kappa shape index (κ3) is 7.47. The Morgan fingerprint density at radius 2 is 1.88 bits per heavy atom. The van der Waals surface area contributed by atoms with Crippen LogP contribution >= 0.6 is 0 Å². The molecule has 1 aliphatic carbocycles. The predicted octanol–water partition coefficient (Wildman–Crippen LogP) is 3.92. The van der Waals surface area contributed by atoms with E-state index in [0.717, 1.165) is 51.2 Å². The van der Waals surface area contributed by atoms with Gasteiger partial charge in [-0.25, -0.2) is 0 Å². The summed E-state index contributed by atoms with van der Waals surface area (Å²) < 4.78 is 5.60. The maximum atomic E-state index is 12.5. The highest BCUT2D eigenvalue weighted by Crippen LogP contribution is 2.34. The second-order valence-electron chi connectivity index (χ2n) is 9.87. The lowest BCUT2D eigenvalue weighted by Crippen LogP contribution is -2.57. The normalized spacial score (nSPS) is 19.9. The third-order valence-corrected chi connectivity index (χ3v) is 7.44. The standard InChI is InChI=1S/C27H42N4O3/c1-2-3-16-27(21-32,23-10-6-4-7-11-23)30-26(28)29-19-22-14-17-31(18-15-22)25(33)20-34-24-12-8-5-9-13-24/h5,8-9,12-13,21-23H,2-4,6-7,10-11,14-20H2,1H3,(H3,28,29,30). The van der Waals surface area contributed by atoms with Crippen LogP contribution in [-0.2, 0) is 9.59 Å². The number of amides is 1. The molecule has 0 aromatic heterocycles. The summed E-state index contributed by atoms with van der Waals surface area (Å²) in [6.45, 7) is 4.26. The molecule has 1 saturated heterocycles. The summed E-state index contributed by atoms with van der Waals surface area (Å²) in [6.07, 6.45) is 11.5. The number of rotatable bonds is 11. The number of hydrogen-bond acceptors (Lipinski definition) is 4. The molecule has 7 nitrogen and oxygen atoms in total. The molecule has 34 heavy (non-hydrogen) atoms. The van der Waals surface area contributed by atoms with Crippen LogP contribution in [0.5, 0.6) is 5.75 Å². The number of likely N-dealkylation sites (tertiary alicyclic amines) is 1. The largest absolute Gasteiger partial charge is 0.484 e.